The van der Waals surface area contributed by atoms with Gasteiger partial charge < -0.3 is 14.4 Å². The molecule has 2 aliphatic heterocycles. The van der Waals surface area contributed by atoms with Gasteiger partial charge in [0.2, 0.25) is 0 Å². The minimum atomic E-state index is -0.475. The van der Waals surface area contributed by atoms with Gasteiger partial charge in [-0.25, -0.2) is 0 Å². The fourth-order valence-electron chi connectivity index (χ4n) is 3.78. The van der Waals surface area contributed by atoms with Crippen LogP contribution in [0.15, 0.2) is 35.6 Å². The van der Waals surface area contributed by atoms with E-state index in [1.165, 1.54) is 0 Å². The summed E-state index contributed by atoms with van der Waals surface area (Å²) in [4.78, 5) is 14.3. The Bertz CT molecular complexity index is 584. The largest absolute Gasteiger partial charge is 0.389 e. The van der Waals surface area contributed by atoms with E-state index in [9.17, 15) is 9.90 Å². The molecule has 1 fully saturated rings. The summed E-state index contributed by atoms with van der Waals surface area (Å²) in [6, 6.07) is 5.56. The number of aliphatic hydroxyl groups excluding tert-OH is 1. The molecule has 120 valence electrons. The predicted octanol–water partition coefficient (Wildman–Crippen LogP) is 0.831. The van der Waals surface area contributed by atoms with E-state index in [0.717, 1.165) is 31.7 Å². The first-order valence-corrected chi connectivity index (χ1v) is 7.96. The molecule has 0 aromatic carbocycles. The first-order chi connectivity index (χ1) is 10.7. The van der Waals surface area contributed by atoms with Crippen molar-refractivity contribution in [3.63, 3.8) is 0 Å². The molecular formula is C17H24N2O3. The van der Waals surface area contributed by atoms with Crippen LogP contribution in [0.25, 0.3) is 0 Å². The molecule has 5 nitrogen and oxygen atoms in total. The molecule has 1 N–H and O–H groups in total. The highest BCUT2D eigenvalue weighted by atomic mass is 16.5. The Morgan fingerprint density at radius 1 is 1.41 bits per heavy atom. The Hall–Kier alpha value is -1.43. The molecule has 1 saturated heterocycles. The van der Waals surface area contributed by atoms with E-state index in [1.807, 2.05) is 10.6 Å². The van der Waals surface area contributed by atoms with Gasteiger partial charge in [-0.3, -0.25) is 9.69 Å². The number of hydrogen-bond acceptors (Lipinski definition) is 4. The van der Waals surface area contributed by atoms with Crippen LogP contribution < -0.4 is 5.56 Å². The third-order valence-electron chi connectivity index (χ3n) is 4.57. The summed E-state index contributed by atoms with van der Waals surface area (Å²) in [6.45, 7) is 7.67. The van der Waals surface area contributed by atoms with Gasteiger partial charge in [0.1, 0.15) is 0 Å². The summed E-state index contributed by atoms with van der Waals surface area (Å²) in [5.74, 6) is 0.885. The van der Waals surface area contributed by atoms with Crippen molar-refractivity contribution in [3.05, 3.63) is 46.9 Å². The number of ether oxygens (including phenoxy) is 1. The molecule has 0 saturated carbocycles. The molecule has 22 heavy (non-hydrogen) atoms. The summed E-state index contributed by atoms with van der Waals surface area (Å²) in [6.07, 6.45) is 2.35. The molecule has 2 aliphatic rings. The second kappa shape index (κ2) is 6.77. The number of aromatic nitrogens is 1. The minimum absolute atomic E-state index is 0.110. The van der Waals surface area contributed by atoms with Crippen LogP contribution in [0.1, 0.15) is 18.0 Å². The number of pyridine rings is 1. The van der Waals surface area contributed by atoms with E-state index in [2.05, 4.69) is 17.5 Å². The summed E-state index contributed by atoms with van der Waals surface area (Å²) in [5.41, 5.74) is 1.25. The smallest absolute Gasteiger partial charge is 0.250 e. The van der Waals surface area contributed by atoms with Gasteiger partial charge in [-0.2, -0.15) is 0 Å². The maximum atomic E-state index is 12.0. The molecule has 3 rings (SSSR count). The Morgan fingerprint density at radius 3 is 3.09 bits per heavy atom. The number of rotatable bonds is 6. The van der Waals surface area contributed by atoms with Crippen molar-refractivity contribution in [1.29, 1.82) is 0 Å². The Kier molecular flexibility index (Phi) is 4.76. The Morgan fingerprint density at radius 2 is 2.27 bits per heavy atom. The highest BCUT2D eigenvalue weighted by molar-refractivity contribution is 5.16. The maximum Gasteiger partial charge on any atom is 0.250 e. The normalized spacial score (nSPS) is 25.5. The lowest BCUT2D eigenvalue weighted by molar-refractivity contribution is 0.0100. The molecule has 0 amide bonds. The maximum absolute atomic E-state index is 12.0. The van der Waals surface area contributed by atoms with Crippen molar-refractivity contribution < 1.29 is 9.84 Å². The molecule has 1 aromatic rings. The monoisotopic (exact) mass is 304 g/mol. The third kappa shape index (κ3) is 3.32. The summed E-state index contributed by atoms with van der Waals surface area (Å²) in [5, 5.41) is 10.1. The van der Waals surface area contributed by atoms with E-state index < -0.39 is 6.10 Å². The van der Waals surface area contributed by atoms with E-state index in [1.54, 1.807) is 12.1 Å². The summed E-state index contributed by atoms with van der Waals surface area (Å²) < 4.78 is 7.24. The van der Waals surface area contributed by atoms with Crippen LogP contribution in [0.3, 0.4) is 0 Å². The molecule has 3 heterocycles. The summed E-state index contributed by atoms with van der Waals surface area (Å²) in [7, 11) is 0. The number of likely N-dealkylation sites (tertiary alicyclic amines) is 1. The van der Waals surface area contributed by atoms with Gasteiger partial charge in [0.15, 0.2) is 0 Å². The van der Waals surface area contributed by atoms with Gasteiger partial charge in [-0.05, 0) is 18.4 Å². The zero-order valence-electron chi connectivity index (χ0n) is 12.9. The zero-order valence-corrected chi connectivity index (χ0v) is 12.9. The van der Waals surface area contributed by atoms with Crippen LogP contribution >= 0.6 is 0 Å². The number of aliphatic hydroxyl groups is 1. The highest BCUT2D eigenvalue weighted by Crippen LogP contribution is 2.34. The zero-order chi connectivity index (χ0) is 15.5. The van der Waals surface area contributed by atoms with E-state index >= 15 is 0 Å². The second-order valence-electron chi connectivity index (χ2n) is 6.40. The van der Waals surface area contributed by atoms with Gasteiger partial charge in [-0.15, -0.1) is 6.58 Å². The van der Waals surface area contributed by atoms with E-state index in [4.69, 9.17) is 4.74 Å². The van der Waals surface area contributed by atoms with Crippen molar-refractivity contribution in [2.24, 2.45) is 5.92 Å². The standard InChI is InChI=1S/C17H24N2O3/c1-2-6-22-12-15(20)11-18-8-13-7-14(10-18)16-4-3-5-17(21)19(16)9-13/h2-5,13-15,20H,1,6-12H2. The molecule has 0 spiro atoms. The predicted molar refractivity (Wildman–Crippen MR) is 85.0 cm³/mol. The van der Waals surface area contributed by atoms with Crippen molar-refractivity contribution >= 4 is 0 Å². The molecule has 5 heteroatoms. The Balaban J connectivity index is 1.63. The first-order valence-electron chi connectivity index (χ1n) is 7.96. The van der Waals surface area contributed by atoms with Crippen LogP contribution in [0, 0.1) is 5.92 Å². The van der Waals surface area contributed by atoms with Crippen LogP contribution in [0.5, 0.6) is 0 Å². The van der Waals surface area contributed by atoms with Gasteiger partial charge in [0.25, 0.3) is 5.56 Å². The van der Waals surface area contributed by atoms with Crippen molar-refractivity contribution in [3.8, 4) is 0 Å². The second-order valence-corrected chi connectivity index (χ2v) is 6.40. The van der Waals surface area contributed by atoms with Crippen LogP contribution in [0.2, 0.25) is 0 Å². The lowest BCUT2D eigenvalue weighted by Gasteiger charge is -2.43. The average Bonchev–Trinajstić information content (AvgIpc) is 2.48. The van der Waals surface area contributed by atoms with Crippen molar-refractivity contribution in [1.82, 2.24) is 9.47 Å². The highest BCUT2D eigenvalue weighted by Gasteiger charge is 2.34. The Labute approximate surface area is 130 Å². The van der Waals surface area contributed by atoms with Gasteiger partial charge in [-0.1, -0.05) is 12.1 Å². The molecule has 0 radical (unpaired) electrons. The quantitative estimate of drug-likeness (QED) is 0.625. The molecule has 0 aliphatic carbocycles. The van der Waals surface area contributed by atoms with E-state index in [-0.39, 0.29) is 5.56 Å². The fraction of sp³-hybridized carbons (Fsp3) is 0.588. The van der Waals surface area contributed by atoms with E-state index in [0.29, 0.717) is 31.6 Å². The number of β-amino-alcohol motifs (C(OH)–C–C–N with tert-alkyl or cyclic N) is 1. The topological polar surface area (TPSA) is 54.7 Å². The van der Waals surface area contributed by atoms with Crippen LogP contribution in [0.4, 0.5) is 0 Å². The third-order valence-corrected chi connectivity index (χ3v) is 4.57. The number of nitrogens with zero attached hydrogens (tertiary/aromatic N) is 2. The minimum Gasteiger partial charge on any atom is -0.389 e. The van der Waals surface area contributed by atoms with Crippen LogP contribution in [-0.2, 0) is 11.3 Å². The number of piperidine rings is 1. The fourth-order valence-corrected chi connectivity index (χ4v) is 3.78. The summed E-state index contributed by atoms with van der Waals surface area (Å²) >= 11 is 0. The van der Waals surface area contributed by atoms with Crippen LogP contribution in [-0.4, -0.2) is 53.5 Å². The molecule has 3 atom stereocenters. The average molecular weight is 304 g/mol. The first kappa shape index (κ1) is 15.5. The van der Waals surface area contributed by atoms with Gasteiger partial charge >= 0.3 is 0 Å². The SMILES string of the molecule is C=CCOCC(O)CN1CC2CC(C1)c1cccc(=O)n1C2. The molecular weight excluding hydrogens is 280 g/mol. The lowest BCUT2D eigenvalue weighted by atomic mass is 9.83. The molecule has 2 bridgehead atoms. The van der Waals surface area contributed by atoms with Crippen molar-refractivity contribution in [2.45, 2.75) is 25.0 Å². The number of hydrogen-bond donors (Lipinski definition) is 1. The molecule has 3 unspecified atom stereocenters. The van der Waals surface area contributed by atoms with Gasteiger partial charge in [0.05, 0.1) is 19.3 Å². The number of fused-ring (bicyclic) bond motifs is 4. The molecule has 1 aromatic heterocycles. The lowest BCUT2D eigenvalue weighted by Crippen LogP contribution is -2.49. The van der Waals surface area contributed by atoms with Gasteiger partial charge in [0, 0.05) is 43.9 Å². The van der Waals surface area contributed by atoms with Crippen molar-refractivity contribution in [2.75, 3.05) is 32.8 Å².